The summed E-state index contributed by atoms with van der Waals surface area (Å²) in [5, 5.41) is 2.98. The van der Waals surface area contributed by atoms with Crippen LogP contribution < -0.4 is 14.8 Å². The van der Waals surface area contributed by atoms with E-state index >= 15 is 0 Å². The minimum Gasteiger partial charge on any atom is -0.497 e. The van der Waals surface area contributed by atoms with Gasteiger partial charge in [-0.05, 0) is 55.8 Å². The first-order valence-corrected chi connectivity index (χ1v) is 7.31. The Kier molecular flexibility index (Phi) is 5.42. The highest BCUT2D eigenvalue weighted by Gasteiger charge is 2.11. The zero-order valence-corrected chi connectivity index (χ0v) is 13.1. The van der Waals surface area contributed by atoms with Crippen LogP contribution in [0.2, 0.25) is 0 Å². The van der Waals surface area contributed by atoms with E-state index in [2.05, 4.69) is 5.32 Å². The van der Waals surface area contributed by atoms with E-state index < -0.39 is 0 Å². The molecule has 0 bridgehead atoms. The molecule has 4 heteroatoms. The molecule has 2 rings (SSSR count). The number of nitrogens with one attached hydrogen (secondary N) is 1. The Morgan fingerprint density at radius 2 is 1.64 bits per heavy atom. The number of methoxy groups -OCH3 is 1. The lowest BCUT2D eigenvalue weighted by Gasteiger charge is -2.15. The molecule has 22 heavy (non-hydrogen) atoms. The summed E-state index contributed by atoms with van der Waals surface area (Å²) < 4.78 is 10.5. The average Bonchev–Trinajstić information content (AvgIpc) is 2.55. The van der Waals surface area contributed by atoms with E-state index in [1.165, 1.54) is 0 Å². The molecule has 0 aliphatic heterocycles. The summed E-state index contributed by atoms with van der Waals surface area (Å²) in [6, 6.07) is 14.7. The van der Waals surface area contributed by atoms with Crippen LogP contribution in [0, 0.1) is 0 Å². The Morgan fingerprint density at radius 1 is 1.05 bits per heavy atom. The fourth-order valence-electron chi connectivity index (χ4n) is 2.13. The molecule has 0 fully saturated rings. The van der Waals surface area contributed by atoms with Gasteiger partial charge in [-0.15, -0.1) is 0 Å². The Balaban J connectivity index is 2.00. The number of carbonyl (C=O) groups excluding carboxylic acids is 1. The van der Waals surface area contributed by atoms with Gasteiger partial charge in [-0.1, -0.05) is 12.1 Å². The Bertz CT molecular complexity index is 605. The average molecular weight is 299 g/mol. The van der Waals surface area contributed by atoms with Crippen molar-refractivity contribution in [2.24, 2.45) is 0 Å². The number of amides is 1. The zero-order valence-electron chi connectivity index (χ0n) is 13.1. The largest absolute Gasteiger partial charge is 0.497 e. The number of rotatable bonds is 6. The van der Waals surface area contributed by atoms with Crippen molar-refractivity contribution < 1.29 is 14.3 Å². The maximum atomic E-state index is 12.2. The fraction of sp³-hybridized carbons (Fsp3) is 0.278. The predicted molar refractivity (Wildman–Crippen MR) is 86.5 cm³/mol. The first kappa shape index (κ1) is 15.9. The van der Waals surface area contributed by atoms with Crippen molar-refractivity contribution in [2.45, 2.75) is 19.9 Å². The molecule has 1 atom stereocenters. The lowest BCUT2D eigenvalue weighted by atomic mass is 10.1. The minimum atomic E-state index is -0.107. The van der Waals surface area contributed by atoms with Gasteiger partial charge in [0.25, 0.3) is 5.91 Å². The third kappa shape index (κ3) is 4.01. The zero-order chi connectivity index (χ0) is 15.9. The summed E-state index contributed by atoms with van der Waals surface area (Å²) >= 11 is 0. The van der Waals surface area contributed by atoms with Gasteiger partial charge in [0.1, 0.15) is 11.5 Å². The Hall–Kier alpha value is -2.49. The molecule has 0 unspecified atom stereocenters. The molecule has 0 saturated heterocycles. The van der Waals surface area contributed by atoms with Gasteiger partial charge in [-0.25, -0.2) is 0 Å². The second-order valence-corrected chi connectivity index (χ2v) is 4.93. The maximum absolute atomic E-state index is 12.2. The Morgan fingerprint density at radius 3 is 2.18 bits per heavy atom. The SMILES string of the molecule is CCOc1ccc([C@@H](C)NC(=O)c2ccc(OC)cc2)cc1. The first-order chi connectivity index (χ1) is 10.6. The van der Waals surface area contributed by atoms with Crippen molar-refractivity contribution in [1.82, 2.24) is 5.32 Å². The van der Waals surface area contributed by atoms with Crippen molar-refractivity contribution in [3.8, 4) is 11.5 Å². The molecular formula is C18H21NO3. The van der Waals surface area contributed by atoms with Crippen molar-refractivity contribution in [3.63, 3.8) is 0 Å². The molecule has 2 aromatic carbocycles. The molecule has 0 radical (unpaired) electrons. The highest BCUT2D eigenvalue weighted by Crippen LogP contribution is 2.18. The van der Waals surface area contributed by atoms with Gasteiger partial charge in [-0.3, -0.25) is 4.79 Å². The summed E-state index contributed by atoms with van der Waals surface area (Å²) in [6.45, 7) is 4.55. The van der Waals surface area contributed by atoms with E-state index in [1.54, 1.807) is 31.4 Å². The van der Waals surface area contributed by atoms with Crippen LogP contribution in [0.1, 0.15) is 35.8 Å². The van der Waals surface area contributed by atoms with E-state index in [0.29, 0.717) is 12.2 Å². The van der Waals surface area contributed by atoms with Crippen LogP contribution in [-0.4, -0.2) is 19.6 Å². The van der Waals surface area contributed by atoms with Crippen molar-refractivity contribution in [2.75, 3.05) is 13.7 Å². The summed E-state index contributed by atoms with van der Waals surface area (Å²) in [7, 11) is 1.60. The third-order valence-corrected chi connectivity index (χ3v) is 3.39. The predicted octanol–water partition coefficient (Wildman–Crippen LogP) is 3.58. The molecule has 0 spiro atoms. The monoisotopic (exact) mass is 299 g/mol. The number of hydrogen-bond acceptors (Lipinski definition) is 3. The highest BCUT2D eigenvalue weighted by molar-refractivity contribution is 5.94. The van der Waals surface area contributed by atoms with Crippen molar-refractivity contribution >= 4 is 5.91 Å². The van der Waals surface area contributed by atoms with Gasteiger partial charge >= 0.3 is 0 Å². The molecule has 0 aliphatic carbocycles. The molecule has 1 N–H and O–H groups in total. The molecule has 2 aromatic rings. The van der Waals surface area contributed by atoms with Gasteiger partial charge < -0.3 is 14.8 Å². The standard InChI is InChI=1S/C18H21NO3/c1-4-22-17-11-5-14(6-12-17)13(2)19-18(20)15-7-9-16(21-3)10-8-15/h5-13H,4H2,1-3H3,(H,19,20)/t13-/m1/s1. The Labute approximate surface area is 131 Å². The summed E-state index contributed by atoms with van der Waals surface area (Å²) in [4.78, 5) is 12.2. The van der Waals surface area contributed by atoms with Gasteiger partial charge in [0.05, 0.1) is 19.8 Å². The van der Waals surface area contributed by atoms with Crippen molar-refractivity contribution in [1.29, 1.82) is 0 Å². The molecule has 116 valence electrons. The molecule has 4 nitrogen and oxygen atoms in total. The highest BCUT2D eigenvalue weighted by atomic mass is 16.5. The number of carbonyl (C=O) groups is 1. The second-order valence-electron chi connectivity index (χ2n) is 4.93. The lowest BCUT2D eigenvalue weighted by molar-refractivity contribution is 0.0940. The fourth-order valence-corrected chi connectivity index (χ4v) is 2.13. The molecular weight excluding hydrogens is 278 g/mol. The summed E-state index contributed by atoms with van der Waals surface area (Å²) in [5.74, 6) is 1.46. The van der Waals surface area contributed by atoms with E-state index in [0.717, 1.165) is 17.1 Å². The second kappa shape index (κ2) is 7.50. The van der Waals surface area contributed by atoms with Crippen molar-refractivity contribution in [3.05, 3.63) is 59.7 Å². The number of benzene rings is 2. The van der Waals surface area contributed by atoms with Crippen LogP contribution in [0.25, 0.3) is 0 Å². The van der Waals surface area contributed by atoms with E-state index in [-0.39, 0.29) is 11.9 Å². The first-order valence-electron chi connectivity index (χ1n) is 7.31. The molecule has 1 amide bonds. The number of ether oxygens (including phenoxy) is 2. The van der Waals surface area contributed by atoms with E-state index in [1.807, 2.05) is 38.1 Å². The van der Waals surface area contributed by atoms with Crippen LogP contribution in [0.3, 0.4) is 0 Å². The molecule has 0 aromatic heterocycles. The van der Waals surface area contributed by atoms with Crippen LogP contribution in [0.4, 0.5) is 0 Å². The quantitative estimate of drug-likeness (QED) is 0.887. The molecule has 0 heterocycles. The molecule has 0 aliphatic rings. The normalized spacial score (nSPS) is 11.6. The topological polar surface area (TPSA) is 47.6 Å². The van der Waals surface area contributed by atoms with Crippen LogP contribution >= 0.6 is 0 Å². The van der Waals surface area contributed by atoms with Crippen LogP contribution in [0.5, 0.6) is 11.5 Å². The van der Waals surface area contributed by atoms with E-state index in [9.17, 15) is 4.79 Å². The maximum Gasteiger partial charge on any atom is 0.251 e. The molecule has 0 saturated carbocycles. The summed E-state index contributed by atoms with van der Waals surface area (Å²) in [5.41, 5.74) is 1.64. The minimum absolute atomic E-state index is 0.0784. The van der Waals surface area contributed by atoms with Crippen LogP contribution in [0.15, 0.2) is 48.5 Å². The van der Waals surface area contributed by atoms with Crippen LogP contribution in [-0.2, 0) is 0 Å². The summed E-state index contributed by atoms with van der Waals surface area (Å²) in [6.07, 6.45) is 0. The van der Waals surface area contributed by atoms with Gasteiger partial charge in [0, 0.05) is 5.56 Å². The number of hydrogen-bond donors (Lipinski definition) is 1. The third-order valence-electron chi connectivity index (χ3n) is 3.39. The van der Waals surface area contributed by atoms with Gasteiger partial charge in [0.2, 0.25) is 0 Å². The van der Waals surface area contributed by atoms with E-state index in [4.69, 9.17) is 9.47 Å². The smallest absolute Gasteiger partial charge is 0.251 e. The van der Waals surface area contributed by atoms with Gasteiger partial charge in [-0.2, -0.15) is 0 Å². The lowest BCUT2D eigenvalue weighted by Crippen LogP contribution is -2.26. The van der Waals surface area contributed by atoms with Gasteiger partial charge in [0.15, 0.2) is 0 Å².